The average Bonchev–Trinajstić information content (AvgIpc) is 2.39. The van der Waals surface area contributed by atoms with Gasteiger partial charge in [-0.2, -0.15) is 0 Å². The summed E-state index contributed by atoms with van der Waals surface area (Å²) >= 11 is 6.13. The van der Waals surface area contributed by atoms with E-state index in [1.165, 1.54) is 0 Å². The van der Waals surface area contributed by atoms with Gasteiger partial charge < -0.3 is 0 Å². The van der Waals surface area contributed by atoms with Crippen LogP contribution in [-0.2, 0) is 0 Å². The van der Waals surface area contributed by atoms with E-state index in [0.29, 0.717) is 21.7 Å². The van der Waals surface area contributed by atoms with Crippen LogP contribution in [-0.4, -0.2) is 9.55 Å². The Labute approximate surface area is 115 Å². The van der Waals surface area contributed by atoms with Crippen LogP contribution in [0, 0.1) is 6.92 Å². The molecule has 0 unspecified atom stereocenters. The number of aromatic nitrogens is 2. The van der Waals surface area contributed by atoms with Crippen LogP contribution in [0.1, 0.15) is 18.7 Å². The van der Waals surface area contributed by atoms with Crippen molar-refractivity contribution in [2.75, 3.05) is 0 Å². The molecule has 0 atom stereocenters. The second-order valence-electron chi connectivity index (χ2n) is 4.54. The molecule has 0 bridgehead atoms. The molecule has 2 aromatic rings. The summed E-state index contributed by atoms with van der Waals surface area (Å²) in [6.07, 6.45) is 8.04. The minimum absolute atomic E-state index is 0.106. The standard InChI is InChI=1S/C15H13ClN2O/c1-10-17-13-9-5-8-12(16)14(13)15(19)18(10)11-6-3-2-4-7-11/h3,5-9H,2,4H2,1H3. The molecule has 96 valence electrons. The molecule has 3 rings (SSSR count). The molecule has 0 fully saturated rings. The summed E-state index contributed by atoms with van der Waals surface area (Å²) in [4.78, 5) is 17.1. The highest BCUT2D eigenvalue weighted by atomic mass is 35.5. The summed E-state index contributed by atoms with van der Waals surface area (Å²) in [6, 6.07) is 5.34. The molecule has 0 saturated heterocycles. The Morgan fingerprint density at radius 3 is 2.89 bits per heavy atom. The number of fused-ring (bicyclic) bond motifs is 1. The predicted octanol–water partition coefficient (Wildman–Crippen LogP) is 3.55. The maximum Gasteiger partial charge on any atom is 0.267 e. The largest absolute Gasteiger partial charge is 0.268 e. The summed E-state index contributed by atoms with van der Waals surface area (Å²) in [5, 5.41) is 0.929. The van der Waals surface area contributed by atoms with Crippen molar-refractivity contribution in [3.8, 4) is 0 Å². The van der Waals surface area contributed by atoms with Crippen molar-refractivity contribution in [2.45, 2.75) is 19.8 Å². The summed E-state index contributed by atoms with van der Waals surface area (Å²) in [5.41, 5.74) is 1.42. The molecule has 1 aliphatic rings. The number of rotatable bonds is 1. The number of benzene rings is 1. The molecule has 0 amide bonds. The third-order valence-electron chi connectivity index (χ3n) is 3.25. The molecule has 0 N–H and O–H groups in total. The van der Waals surface area contributed by atoms with E-state index in [4.69, 9.17) is 11.6 Å². The number of aryl methyl sites for hydroxylation is 1. The van der Waals surface area contributed by atoms with Crippen molar-refractivity contribution >= 4 is 28.2 Å². The van der Waals surface area contributed by atoms with Gasteiger partial charge in [-0.1, -0.05) is 29.8 Å². The minimum Gasteiger partial charge on any atom is -0.268 e. The average molecular weight is 273 g/mol. The Morgan fingerprint density at radius 1 is 1.32 bits per heavy atom. The lowest BCUT2D eigenvalue weighted by molar-refractivity contribution is 0.900. The van der Waals surface area contributed by atoms with Gasteiger partial charge in [-0.3, -0.25) is 9.36 Å². The van der Waals surface area contributed by atoms with Crippen LogP contribution >= 0.6 is 11.6 Å². The summed E-state index contributed by atoms with van der Waals surface area (Å²) in [6.45, 7) is 1.84. The van der Waals surface area contributed by atoms with Gasteiger partial charge in [0, 0.05) is 5.70 Å². The van der Waals surface area contributed by atoms with E-state index in [1.54, 1.807) is 16.7 Å². The van der Waals surface area contributed by atoms with E-state index >= 15 is 0 Å². The number of hydrogen-bond donors (Lipinski definition) is 0. The molecule has 1 aromatic heterocycles. The van der Waals surface area contributed by atoms with Gasteiger partial charge >= 0.3 is 0 Å². The Bertz CT molecular complexity index is 772. The van der Waals surface area contributed by atoms with Gasteiger partial charge in [-0.15, -0.1) is 0 Å². The Morgan fingerprint density at radius 2 is 2.16 bits per heavy atom. The lowest BCUT2D eigenvalue weighted by atomic mass is 10.1. The van der Waals surface area contributed by atoms with Gasteiger partial charge in [0.1, 0.15) is 5.82 Å². The van der Waals surface area contributed by atoms with Crippen LogP contribution in [0.4, 0.5) is 0 Å². The molecule has 1 aliphatic carbocycles. The van der Waals surface area contributed by atoms with Crippen LogP contribution in [0.5, 0.6) is 0 Å². The van der Waals surface area contributed by atoms with Crippen LogP contribution in [0.3, 0.4) is 0 Å². The second-order valence-corrected chi connectivity index (χ2v) is 4.95. The zero-order chi connectivity index (χ0) is 13.4. The van der Waals surface area contributed by atoms with Gasteiger partial charge in [0.25, 0.3) is 5.56 Å². The van der Waals surface area contributed by atoms with E-state index < -0.39 is 0 Å². The maximum atomic E-state index is 12.6. The molecule has 0 spiro atoms. The fourth-order valence-corrected chi connectivity index (χ4v) is 2.62. The first kappa shape index (κ1) is 12.2. The topological polar surface area (TPSA) is 34.9 Å². The first-order chi connectivity index (χ1) is 9.18. The summed E-state index contributed by atoms with van der Waals surface area (Å²) in [7, 11) is 0. The quantitative estimate of drug-likeness (QED) is 0.796. The molecule has 0 radical (unpaired) electrons. The number of allylic oxidation sites excluding steroid dienone is 4. The molecule has 4 heteroatoms. The lowest BCUT2D eigenvalue weighted by Gasteiger charge is -2.14. The first-order valence-corrected chi connectivity index (χ1v) is 6.61. The molecule has 0 saturated carbocycles. The van der Waals surface area contributed by atoms with Gasteiger partial charge in [0.05, 0.1) is 15.9 Å². The molecular formula is C15H13ClN2O. The highest BCUT2D eigenvalue weighted by Gasteiger charge is 2.13. The van der Waals surface area contributed by atoms with Gasteiger partial charge in [-0.05, 0) is 38.0 Å². The van der Waals surface area contributed by atoms with E-state index in [9.17, 15) is 4.79 Å². The minimum atomic E-state index is -0.106. The fourth-order valence-electron chi connectivity index (χ4n) is 2.37. The van der Waals surface area contributed by atoms with Crippen molar-refractivity contribution in [2.24, 2.45) is 0 Å². The van der Waals surface area contributed by atoms with Crippen LogP contribution in [0.2, 0.25) is 5.02 Å². The highest BCUT2D eigenvalue weighted by Crippen LogP contribution is 2.21. The second kappa shape index (κ2) is 4.67. The normalized spacial score (nSPS) is 14.7. The third kappa shape index (κ3) is 2.00. The van der Waals surface area contributed by atoms with Crippen molar-refractivity contribution in [1.29, 1.82) is 0 Å². The van der Waals surface area contributed by atoms with Gasteiger partial charge in [-0.25, -0.2) is 4.98 Å². The lowest BCUT2D eigenvalue weighted by Crippen LogP contribution is -2.23. The highest BCUT2D eigenvalue weighted by molar-refractivity contribution is 6.35. The Kier molecular flexibility index (Phi) is 2.99. The third-order valence-corrected chi connectivity index (χ3v) is 3.56. The predicted molar refractivity (Wildman–Crippen MR) is 78.4 cm³/mol. The first-order valence-electron chi connectivity index (χ1n) is 6.23. The molecule has 0 aliphatic heterocycles. The van der Waals surface area contributed by atoms with E-state index in [0.717, 1.165) is 18.5 Å². The van der Waals surface area contributed by atoms with Crippen molar-refractivity contribution in [3.05, 3.63) is 57.6 Å². The number of halogens is 1. The smallest absolute Gasteiger partial charge is 0.267 e. The van der Waals surface area contributed by atoms with Gasteiger partial charge in [0.2, 0.25) is 0 Å². The van der Waals surface area contributed by atoms with Crippen LogP contribution in [0.15, 0.2) is 41.2 Å². The van der Waals surface area contributed by atoms with Crippen molar-refractivity contribution in [3.63, 3.8) is 0 Å². The zero-order valence-electron chi connectivity index (χ0n) is 10.6. The molecule has 3 nitrogen and oxygen atoms in total. The molecule has 1 aromatic carbocycles. The van der Waals surface area contributed by atoms with Crippen molar-refractivity contribution in [1.82, 2.24) is 9.55 Å². The monoisotopic (exact) mass is 272 g/mol. The van der Waals surface area contributed by atoms with E-state index in [2.05, 4.69) is 17.1 Å². The zero-order valence-corrected chi connectivity index (χ0v) is 11.3. The summed E-state index contributed by atoms with van der Waals surface area (Å²) in [5.74, 6) is 0.678. The number of nitrogens with zero attached hydrogens (tertiary/aromatic N) is 2. The Balaban J connectivity index is 2.37. The molecule has 19 heavy (non-hydrogen) atoms. The van der Waals surface area contributed by atoms with E-state index in [-0.39, 0.29) is 5.56 Å². The summed E-state index contributed by atoms with van der Waals surface area (Å²) < 4.78 is 1.63. The Hall–Kier alpha value is -1.87. The fraction of sp³-hybridized carbons (Fsp3) is 0.200. The van der Waals surface area contributed by atoms with Gasteiger partial charge in [0.15, 0.2) is 0 Å². The SMILES string of the molecule is Cc1nc2cccc(Cl)c2c(=O)n1C1=CCCC=C1. The van der Waals surface area contributed by atoms with Crippen LogP contribution < -0.4 is 5.56 Å². The van der Waals surface area contributed by atoms with Crippen molar-refractivity contribution < 1.29 is 0 Å². The van der Waals surface area contributed by atoms with Crippen LogP contribution in [0.25, 0.3) is 16.6 Å². The van der Waals surface area contributed by atoms with E-state index in [1.807, 2.05) is 19.1 Å². The molecular weight excluding hydrogens is 260 g/mol. The maximum absolute atomic E-state index is 12.6. The molecule has 1 heterocycles. The number of hydrogen-bond acceptors (Lipinski definition) is 2.